The van der Waals surface area contributed by atoms with Crippen LogP contribution < -0.4 is 5.11 Å². The summed E-state index contributed by atoms with van der Waals surface area (Å²) >= 11 is 0. The van der Waals surface area contributed by atoms with Gasteiger partial charge in [-0.3, -0.25) is 9.59 Å². The lowest BCUT2D eigenvalue weighted by atomic mass is 10.0. The third kappa shape index (κ3) is 24.9. The van der Waals surface area contributed by atoms with Gasteiger partial charge >= 0.3 is 11.9 Å². The summed E-state index contributed by atoms with van der Waals surface area (Å²) in [5.41, 5.74) is 0. The van der Waals surface area contributed by atoms with Crippen molar-refractivity contribution >= 4 is 17.9 Å². The Bertz CT molecular complexity index is 722. The van der Waals surface area contributed by atoms with Gasteiger partial charge in [0.25, 0.3) is 0 Å². The summed E-state index contributed by atoms with van der Waals surface area (Å²) in [6.45, 7) is 9.91. The van der Waals surface area contributed by atoms with E-state index in [1.807, 2.05) is 0 Å². The fourth-order valence-corrected chi connectivity index (χ4v) is 6.02. The second-order valence-electron chi connectivity index (χ2n) is 14.0. The number of hydrogen-bond donors (Lipinski definition) is 2. The van der Waals surface area contributed by atoms with Crippen molar-refractivity contribution in [1.29, 1.82) is 0 Å². The molecule has 3 unspecified atom stereocenters. The first-order chi connectivity index (χ1) is 21.5. The molecule has 0 amide bonds. The first-order valence-corrected chi connectivity index (χ1v) is 18.7. The molecule has 3 atom stereocenters. The second-order valence-corrected chi connectivity index (χ2v) is 14.0. The van der Waals surface area contributed by atoms with Gasteiger partial charge in [0, 0.05) is 31.1 Å². The Morgan fingerprint density at radius 2 is 0.867 bits per heavy atom. The zero-order valence-corrected chi connectivity index (χ0v) is 29.7. The largest absolute Gasteiger partial charge is 0.550 e. The molecule has 0 aromatic rings. The van der Waals surface area contributed by atoms with E-state index in [1.54, 1.807) is 20.8 Å². The van der Waals surface area contributed by atoms with Crippen LogP contribution in [-0.2, 0) is 14.4 Å². The molecule has 0 saturated carbocycles. The Labute approximate surface area is 276 Å². The lowest BCUT2D eigenvalue weighted by Crippen LogP contribution is -2.52. The molecular formula is C38H71NO6. The van der Waals surface area contributed by atoms with Crippen molar-refractivity contribution in [1.82, 2.24) is 0 Å². The van der Waals surface area contributed by atoms with Crippen molar-refractivity contribution in [2.75, 3.05) is 26.2 Å². The van der Waals surface area contributed by atoms with E-state index < -0.39 is 35.7 Å². The lowest BCUT2D eigenvalue weighted by Gasteiger charge is -2.41. The number of hydrogen-bond acceptors (Lipinski definition) is 4. The maximum absolute atomic E-state index is 11.5. The summed E-state index contributed by atoms with van der Waals surface area (Å²) in [5, 5.41) is 30.3. The molecule has 0 fully saturated rings. The van der Waals surface area contributed by atoms with Crippen molar-refractivity contribution < 1.29 is 34.2 Å². The predicted molar refractivity (Wildman–Crippen MR) is 184 cm³/mol. The zero-order chi connectivity index (χ0) is 33.8. The molecule has 0 bridgehead atoms. The number of allylic oxidation sites excluding steroid dienone is 2. The van der Waals surface area contributed by atoms with Gasteiger partial charge in [-0.1, -0.05) is 130 Å². The minimum atomic E-state index is -1.08. The van der Waals surface area contributed by atoms with Gasteiger partial charge in [-0.25, -0.2) is 0 Å². The number of nitrogens with zero attached hydrogens (tertiary/aromatic N) is 1. The van der Waals surface area contributed by atoms with E-state index in [2.05, 4.69) is 19.1 Å². The molecule has 7 heteroatoms. The van der Waals surface area contributed by atoms with Gasteiger partial charge in [0.15, 0.2) is 0 Å². The van der Waals surface area contributed by atoms with Gasteiger partial charge in [0.05, 0.1) is 38.0 Å². The number of carbonyl (C=O) groups is 3. The van der Waals surface area contributed by atoms with E-state index in [0.717, 1.165) is 32.2 Å². The van der Waals surface area contributed by atoms with E-state index in [9.17, 15) is 29.7 Å². The maximum Gasteiger partial charge on any atom is 0.306 e. The Balaban J connectivity index is 4.39. The van der Waals surface area contributed by atoms with Gasteiger partial charge in [0.1, 0.15) is 0 Å². The molecule has 264 valence electrons. The molecule has 45 heavy (non-hydrogen) atoms. The lowest BCUT2D eigenvalue weighted by molar-refractivity contribution is -0.929. The highest BCUT2D eigenvalue weighted by atomic mass is 16.4. The van der Waals surface area contributed by atoms with E-state index in [1.165, 1.54) is 96.3 Å². The molecule has 0 aliphatic rings. The molecule has 0 saturated heterocycles. The van der Waals surface area contributed by atoms with Crippen molar-refractivity contribution in [2.45, 2.75) is 169 Å². The molecule has 0 radical (unpaired) electrons. The summed E-state index contributed by atoms with van der Waals surface area (Å²) in [5.74, 6) is -4.35. The molecule has 2 N–H and O–H groups in total. The van der Waals surface area contributed by atoms with Gasteiger partial charge in [-0.05, 0) is 32.1 Å². The Hall–Kier alpha value is -1.89. The average molecular weight is 638 g/mol. The Morgan fingerprint density at radius 1 is 0.533 bits per heavy atom. The summed E-state index contributed by atoms with van der Waals surface area (Å²) in [7, 11) is 0. The number of rotatable bonds is 33. The SMILES string of the molecule is CCCCCCCCCCCCCCCCC/C=C/CCCC[N+](CCC(C)C(=O)[O-])(CCC(C)C(=O)O)CCC(C)C(=O)O. The number of aliphatic carboxylic acids is 3. The average Bonchev–Trinajstić information content (AvgIpc) is 3.01. The number of carboxylic acid groups (broad SMARTS) is 3. The molecule has 0 aromatic heterocycles. The summed E-state index contributed by atoms with van der Waals surface area (Å²) in [6, 6.07) is 0. The number of carboxylic acids is 3. The van der Waals surface area contributed by atoms with Crippen molar-refractivity contribution in [2.24, 2.45) is 17.8 Å². The van der Waals surface area contributed by atoms with Crippen molar-refractivity contribution in [3.05, 3.63) is 12.2 Å². The predicted octanol–water partition coefficient (Wildman–Crippen LogP) is 8.79. The van der Waals surface area contributed by atoms with E-state index in [4.69, 9.17) is 0 Å². The van der Waals surface area contributed by atoms with Gasteiger partial charge in [-0.15, -0.1) is 0 Å². The van der Waals surface area contributed by atoms with Gasteiger partial charge in [0.2, 0.25) is 0 Å². The summed E-state index contributed by atoms with van der Waals surface area (Å²) in [6.07, 6.45) is 30.7. The van der Waals surface area contributed by atoms with E-state index >= 15 is 0 Å². The number of carbonyl (C=O) groups excluding carboxylic acids is 1. The van der Waals surface area contributed by atoms with Crippen LogP contribution in [0.4, 0.5) is 0 Å². The van der Waals surface area contributed by atoms with Crippen LogP contribution in [0.15, 0.2) is 12.2 Å². The highest BCUT2D eigenvalue weighted by Crippen LogP contribution is 2.21. The fourth-order valence-electron chi connectivity index (χ4n) is 6.02. The van der Waals surface area contributed by atoms with Gasteiger partial charge < -0.3 is 24.6 Å². The first-order valence-electron chi connectivity index (χ1n) is 18.7. The minimum absolute atomic E-state index is 0.435. The molecule has 7 nitrogen and oxygen atoms in total. The molecule has 0 spiro atoms. The first kappa shape index (κ1) is 43.1. The van der Waals surface area contributed by atoms with E-state index in [0.29, 0.717) is 43.4 Å². The van der Waals surface area contributed by atoms with Crippen LogP contribution in [0.2, 0.25) is 0 Å². The second kappa shape index (κ2) is 28.3. The van der Waals surface area contributed by atoms with E-state index in [-0.39, 0.29) is 0 Å². The van der Waals surface area contributed by atoms with Crippen molar-refractivity contribution in [3.63, 3.8) is 0 Å². The van der Waals surface area contributed by atoms with Crippen LogP contribution in [-0.4, -0.2) is 58.8 Å². The topological polar surface area (TPSA) is 115 Å². The van der Waals surface area contributed by atoms with Crippen molar-refractivity contribution in [3.8, 4) is 0 Å². The molecule has 0 heterocycles. The highest BCUT2D eigenvalue weighted by molar-refractivity contribution is 5.69. The zero-order valence-electron chi connectivity index (χ0n) is 29.7. The van der Waals surface area contributed by atoms with Crippen LogP contribution in [0.25, 0.3) is 0 Å². The number of quaternary nitrogens is 1. The molecule has 0 aromatic carbocycles. The van der Waals surface area contributed by atoms with Crippen LogP contribution in [0.5, 0.6) is 0 Å². The minimum Gasteiger partial charge on any atom is -0.550 e. The van der Waals surface area contributed by atoms with Crippen LogP contribution in [0.3, 0.4) is 0 Å². The third-order valence-electron chi connectivity index (χ3n) is 9.75. The molecular weight excluding hydrogens is 566 g/mol. The molecule has 0 aliphatic heterocycles. The summed E-state index contributed by atoms with van der Waals surface area (Å²) < 4.78 is 0.565. The van der Waals surface area contributed by atoms with Crippen LogP contribution in [0, 0.1) is 17.8 Å². The monoisotopic (exact) mass is 638 g/mol. The highest BCUT2D eigenvalue weighted by Gasteiger charge is 2.30. The maximum atomic E-state index is 11.5. The fraction of sp³-hybridized carbons (Fsp3) is 0.868. The number of unbranched alkanes of at least 4 members (excludes halogenated alkanes) is 17. The van der Waals surface area contributed by atoms with Crippen LogP contribution in [0.1, 0.15) is 169 Å². The quantitative estimate of drug-likeness (QED) is 0.0422. The van der Waals surface area contributed by atoms with Crippen LogP contribution >= 0.6 is 0 Å². The Kier molecular flexibility index (Phi) is 27.2. The molecule has 0 aliphatic carbocycles. The smallest absolute Gasteiger partial charge is 0.306 e. The Morgan fingerprint density at radius 3 is 1.22 bits per heavy atom. The normalized spacial score (nSPS) is 15.1. The standard InChI is InChI=1S/C38H71NO6/c1-5-6-7-8-9-10-11-12-13-14-15-16-17-18-19-20-21-22-23-24-25-29-39(30-26-33(2)36(40)41,31-27-34(3)37(42)43)32-28-35(4)38(44)45/h21-22,33-35H,5-20,23-32H2,1-4H3,(H2-,40,41,42,43,44,45)/b22-21+. The third-order valence-corrected chi connectivity index (χ3v) is 9.75. The summed E-state index contributed by atoms with van der Waals surface area (Å²) in [4.78, 5) is 34.4. The molecule has 0 rings (SSSR count). The van der Waals surface area contributed by atoms with Gasteiger partial charge in [-0.2, -0.15) is 0 Å².